The van der Waals surface area contributed by atoms with Crippen LogP contribution < -0.4 is 15.6 Å². The van der Waals surface area contributed by atoms with E-state index in [1.54, 1.807) is 12.1 Å². The molecular formula is C26H25N5O8S3. The molecular weight excluding hydrogens is 607 g/mol. The maximum Gasteiger partial charge on any atom is 0.349 e. The second-order valence-electron chi connectivity index (χ2n) is 9.70. The number of hydrogen-bond acceptors (Lipinski definition) is 11. The number of amidine groups is 1. The zero-order chi connectivity index (χ0) is 30.4. The van der Waals surface area contributed by atoms with Gasteiger partial charge in [-0.05, 0) is 54.1 Å². The van der Waals surface area contributed by atoms with Gasteiger partial charge in [0.15, 0.2) is 5.84 Å². The number of nitrogens with one attached hydrogen (secondary N) is 2. The number of ether oxygens (including phenoxy) is 1. The van der Waals surface area contributed by atoms with Gasteiger partial charge in [-0.3, -0.25) is 14.1 Å². The predicted octanol–water partition coefficient (Wildman–Crippen LogP) is 3.36. The second kappa shape index (κ2) is 10.8. The molecule has 1 aliphatic heterocycles. The van der Waals surface area contributed by atoms with Gasteiger partial charge in [0.05, 0.1) is 23.9 Å². The zero-order valence-electron chi connectivity index (χ0n) is 22.5. The Kier molecular flexibility index (Phi) is 7.55. The van der Waals surface area contributed by atoms with E-state index in [1.807, 2.05) is 13.8 Å². The lowest BCUT2D eigenvalue weighted by atomic mass is 10.1. The van der Waals surface area contributed by atoms with Crippen LogP contribution in [0.25, 0.3) is 11.0 Å². The minimum atomic E-state index is -4.48. The molecule has 0 saturated carbocycles. The Bertz CT molecular complexity index is 2050. The summed E-state index contributed by atoms with van der Waals surface area (Å²) >= 11 is 0.880. The van der Waals surface area contributed by atoms with E-state index in [0.717, 1.165) is 24.5 Å². The molecule has 1 aromatic carbocycles. The van der Waals surface area contributed by atoms with Crippen molar-refractivity contribution in [2.75, 3.05) is 17.1 Å². The lowest BCUT2D eigenvalue weighted by Crippen LogP contribution is -2.33. The van der Waals surface area contributed by atoms with Crippen LogP contribution in [0, 0.1) is 5.92 Å². The van der Waals surface area contributed by atoms with Crippen molar-refractivity contribution in [3.8, 4) is 5.75 Å². The molecule has 3 N–H and O–H groups in total. The molecule has 0 fully saturated rings. The Labute approximate surface area is 244 Å². The van der Waals surface area contributed by atoms with Crippen molar-refractivity contribution in [2.45, 2.75) is 36.6 Å². The first kappa shape index (κ1) is 29.2. The van der Waals surface area contributed by atoms with E-state index in [-0.39, 0.29) is 60.9 Å². The van der Waals surface area contributed by atoms with Crippen LogP contribution in [0.1, 0.15) is 35.5 Å². The van der Waals surface area contributed by atoms with Crippen molar-refractivity contribution < 1.29 is 31.5 Å². The Hall–Kier alpha value is -4.28. The number of aromatic hydroxyl groups is 1. The van der Waals surface area contributed by atoms with Crippen LogP contribution in [-0.4, -0.2) is 50.4 Å². The molecule has 220 valence electrons. The molecule has 13 nitrogen and oxygen atoms in total. The Morgan fingerprint density at radius 2 is 2.00 bits per heavy atom. The summed E-state index contributed by atoms with van der Waals surface area (Å²) in [4.78, 5) is 29.0. The number of rotatable bonds is 8. The molecule has 0 unspecified atom stereocenters. The molecule has 4 heterocycles. The summed E-state index contributed by atoms with van der Waals surface area (Å²) in [5, 5.41) is 15.5. The monoisotopic (exact) mass is 631 g/mol. The van der Waals surface area contributed by atoms with Crippen molar-refractivity contribution >= 4 is 65.6 Å². The Morgan fingerprint density at radius 3 is 2.71 bits per heavy atom. The molecule has 1 aliphatic rings. The number of sulfonamides is 2. The van der Waals surface area contributed by atoms with Crippen molar-refractivity contribution in [3.63, 3.8) is 0 Å². The van der Waals surface area contributed by atoms with Crippen LogP contribution in [0.4, 0.5) is 11.4 Å². The lowest BCUT2D eigenvalue weighted by molar-refractivity contribution is 0.0602. The fourth-order valence-corrected chi connectivity index (χ4v) is 7.90. The average Bonchev–Trinajstić information content (AvgIpc) is 3.44. The second-order valence-corrected chi connectivity index (χ2v) is 13.8. The highest BCUT2D eigenvalue weighted by molar-refractivity contribution is 7.93. The van der Waals surface area contributed by atoms with Gasteiger partial charge in [-0.1, -0.05) is 13.8 Å². The number of nitrogens with zero attached hydrogens (tertiary/aromatic N) is 3. The number of carbonyl (C=O) groups excluding carboxylic acids is 1. The van der Waals surface area contributed by atoms with E-state index in [4.69, 9.17) is 0 Å². The highest BCUT2D eigenvalue weighted by Gasteiger charge is 2.31. The maximum absolute atomic E-state index is 13.6. The van der Waals surface area contributed by atoms with Gasteiger partial charge in [0.1, 0.15) is 31.6 Å². The molecule has 0 radical (unpaired) electrons. The van der Waals surface area contributed by atoms with Crippen molar-refractivity contribution in [3.05, 3.63) is 68.8 Å². The normalized spacial score (nSPS) is 14.2. The van der Waals surface area contributed by atoms with Gasteiger partial charge in [-0.15, -0.1) is 15.7 Å². The SMILES string of the molecule is COC(=O)c1sccc1S(=O)(=O)Nc1ccc2c(c1)S(=O)(=O)N=C(c1c(O)c3cccnc3n(CCC(C)C)c1=O)N2. The first-order valence-electron chi connectivity index (χ1n) is 12.5. The third-order valence-electron chi connectivity index (χ3n) is 6.43. The van der Waals surface area contributed by atoms with Gasteiger partial charge < -0.3 is 15.2 Å². The summed E-state index contributed by atoms with van der Waals surface area (Å²) in [5.41, 5.74) is -0.873. The van der Waals surface area contributed by atoms with Gasteiger partial charge in [-0.2, -0.15) is 8.42 Å². The number of fused-ring (bicyclic) bond motifs is 2. The molecule has 0 aliphatic carbocycles. The van der Waals surface area contributed by atoms with E-state index < -0.39 is 37.3 Å². The lowest BCUT2D eigenvalue weighted by Gasteiger charge is -2.21. The quantitative estimate of drug-likeness (QED) is 0.244. The third-order valence-corrected chi connectivity index (χ3v) is 10.2. The molecule has 0 amide bonds. The predicted molar refractivity (Wildman–Crippen MR) is 157 cm³/mol. The van der Waals surface area contributed by atoms with Gasteiger partial charge in [0.2, 0.25) is 0 Å². The summed E-state index contributed by atoms with van der Waals surface area (Å²) in [5.74, 6) is -1.44. The largest absolute Gasteiger partial charge is 0.506 e. The first-order chi connectivity index (χ1) is 19.8. The molecule has 0 spiro atoms. The number of pyridine rings is 2. The smallest absolute Gasteiger partial charge is 0.349 e. The van der Waals surface area contributed by atoms with Crippen molar-refractivity contribution in [1.29, 1.82) is 0 Å². The number of carbonyl (C=O) groups is 1. The van der Waals surface area contributed by atoms with Crippen LogP contribution in [-0.2, 0) is 31.3 Å². The topological polar surface area (TPSA) is 186 Å². The van der Waals surface area contributed by atoms with Crippen LogP contribution in [0.15, 0.2) is 67.0 Å². The average molecular weight is 632 g/mol. The van der Waals surface area contributed by atoms with E-state index in [0.29, 0.717) is 6.42 Å². The number of benzene rings is 1. The van der Waals surface area contributed by atoms with Crippen LogP contribution in [0.5, 0.6) is 5.75 Å². The summed E-state index contributed by atoms with van der Waals surface area (Å²) in [6.07, 6.45) is 2.12. The van der Waals surface area contributed by atoms with Crippen LogP contribution in [0.3, 0.4) is 0 Å². The van der Waals surface area contributed by atoms with Crippen LogP contribution >= 0.6 is 11.3 Å². The van der Waals surface area contributed by atoms with E-state index >= 15 is 0 Å². The van der Waals surface area contributed by atoms with Gasteiger partial charge in [-0.25, -0.2) is 18.2 Å². The number of aryl methyl sites for hydroxylation is 1. The zero-order valence-corrected chi connectivity index (χ0v) is 24.9. The van der Waals surface area contributed by atoms with Gasteiger partial charge in [0.25, 0.3) is 25.6 Å². The number of anilines is 2. The number of hydrogen-bond donors (Lipinski definition) is 3. The molecule has 0 bridgehead atoms. The minimum Gasteiger partial charge on any atom is -0.506 e. The summed E-state index contributed by atoms with van der Waals surface area (Å²) in [6.45, 7) is 4.26. The molecule has 0 atom stereocenters. The highest BCUT2D eigenvalue weighted by atomic mass is 32.2. The number of thiophene rings is 1. The maximum atomic E-state index is 13.6. The van der Waals surface area contributed by atoms with Crippen molar-refractivity contribution in [2.24, 2.45) is 10.3 Å². The fraction of sp³-hybridized carbons (Fsp3) is 0.231. The van der Waals surface area contributed by atoms with E-state index in [9.17, 15) is 31.5 Å². The highest BCUT2D eigenvalue weighted by Crippen LogP contribution is 2.34. The number of aromatic nitrogens is 2. The molecule has 4 aromatic rings. The standard InChI is InChI=1S/C26H25N5O8S3/c1-14(2)8-11-31-24-16(5-4-10-27-24)21(32)20(25(31)33)23-28-17-7-6-15(13-19(17)42(37,38)30-23)29-41(35,36)18-9-12-40-22(18)26(34)39-3/h4-7,9-10,12-14,29,32H,8,11H2,1-3H3,(H,28,30). The molecule has 0 saturated heterocycles. The van der Waals surface area contributed by atoms with Crippen molar-refractivity contribution in [1.82, 2.24) is 9.55 Å². The minimum absolute atomic E-state index is 0.00699. The molecule has 5 rings (SSSR count). The number of methoxy groups -OCH3 is 1. The summed E-state index contributed by atoms with van der Waals surface area (Å²) in [7, 11) is -7.65. The van der Waals surface area contributed by atoms with E-state index in [2.05, 4.69) is 24.2 Å². The summed E-state index contributed by atoms with van der Waals surface area (Å²) < 4.78 is 64.7. The Balaban J connectivity index is 1.55. The Morgan fingerprint density at radius 1 is 1.24 bits per heavy atom. The van der Waals surface area contributed by atoms with Crippen LogP contribution in [0.2, 0.25) is 0 Å². The molecule has 42 heavy (non-hydrogen) atoms. The van der Waals surface area contributed by atoms with Gasteiger partial charge in [0, 0.05) is 12.7 Å². The molecule has 3 aromatic heterocycles. The fourth-order valence-electron chi connectivity index (χ4n) is 4.36. The first-order valence-corrected chi connectivity index (χ1v) is 16.3. The third kappa shape index (κ3) is 5.23. The number of esters is 1. The van der Waals surface area contributed by atoms with Gasteiger partial charge >= 0.3 is 5.97 Å². The summed E-state index contributed by atoms with van der Waals surface area (Å²) in [6, 6.07) is 8.03. The van der Waals surface area contributed by atoms with E-state index in [1.165, 1.54) is 34.3 Å². The molecule has 16 heteroatoms.